The third-order valence-electron chi connectivity index (χ3n) is 3.66. The molecule has 4 unspecified atom stereocenters. The van der Waals surface area contributed by atoms with E-state index < -0.39 is 0 Å². The van der Waals surface area contributed by atoms with Crippen LogP contribution >= 0.6 is 11.8 Å². The van der Waals surface area contributed by atoms with Crippen molar-refractivity contribution in [3.05, 3.63) is 0 Å². The largest absolute Gasteiger partial charge is 0.395 e. The van der Waals surface area contributed by atoms with Crippen LogP contribution in [-0.4, -0.2) is 28.3 Å². The van der Waals surface area contributed by atoms with Crippen LogP contribution in [0.4, 0.5) is 0 Å². The van der Waals surface area contributed by atoms with Crippen molar-refractivity contribution in [3.8, 4) is 0 Å². The average molecular weight is 259 g/mol. The van der Waals surface area contributed by atoms with Gasteiger partial charge in [0.05, 0.1) is 6.61 Å². The third kappa shape index (κ3) is 5.62. The van der Waals surface area contributed by atoms with Gasteiger partial charge in [0.15, 0.2) is 0 Å². The van der Waals surface area contributed by atoms with Crippen molar-refractivity contribution in [2.24, 2.45) is 17.6 Å². The zero-order valence-corrected chi connectivity index (χ0v) is 12.4. The second-order valence-corrected chi connectivity index (χ2v) is 7.59. The highest BCUT2D eigenvalue weighted by Gasteiger charge is 2.26. The van der Waals surface area contributed by atoms with Crippen molar-refractivity contribution in [1.29, 1.82) is 0 Å². The van der Waals surface area contributed by atoms with Crippen LogP contribution < -0.4 is 5.73 Å². The fourth-order valence-electron chi connectivity index (χ4n) is 2.72. The first-order valence-corrected chi connectivity index (χ1v) is 7.99. The average Bonchev–Trinajstić information content (AvgIpc) is 2.24. The standard InChI is InChI=1S/C14H29NOS/c1-10(2)7-13(15)14(9-16)17-12-6-4-5-11(3)8-12/h10-14,16H,4-9,15H2,1-3H3. The minimum absolute atomic E-state index is 0.141. The van der Waals surface area contributed by atoms with Crippen molar-refractivity contribution in [3.63, 3.8) is 0 Å². The third-order valence-corrected chi connectivity index (χ3v) is 5.32. The molecule has 0 spiro atoms. The zero-order chi connectivity index (χ0) is 12.8. The molecule has 0 aliphatic heterocycles. The van der Waals surface area contributed by atoms with Crippen LogP contribution in [0, 0.1) is 11.8 Å². The predicted molar refractivity (Wildman–Crippen MR) is 77.3 cm³/mol. The maximum absolute atomic E-state index is 9.51. The van der Waals surface area contributed by atoms with Crippen molar-refractivity contribution in [2.75, 3.05) is 6.61 Å². The molecule has 0 heterocycles. The van der Waals surface area contributed by atoms with Gasteiger partial charge in [0.2, 0.25) is 0 Å². The van der Waals surface area contributed by atoms with Gasteiger partial charge in [0.1, 0.15) is 0 Å². The zero-order valence-electron chi connectivity index (χ0n) is 11.6. The van der Waals surface area contributed by atoms with Gasteiger partial charge in [-0.1, -0.05) is 33.6 Å². The van der Waals surface area contributed by atoms with Gasteiger partial charge in [-0.25, -0.2) is 0 Å². The Morgan fingerprint density at radius 1 is 1.35 bits per heavy atom. The minimum atomic E-state index is 0.141. The summed E-state index contributed by atoms with van der Waals surface area (Å²) in [4.78, 5) is 0. The van der Waals surface area contributed by atoms with Crippen LogP contribution in [0.2, 0.25) is 0 Å². The Labute approximate surface area is 111 Å². The predicted octanol–water partition coefficient (Wildman–Crippen LogP) is 3.03. The molecule has 1 fully saturated rings. The van der Waals surface area contributed by atoms with Gasteiger partial charge in [-0.3, -0.25) is 0 Å². The summed E-state index contributed by atoms with van der Waals surface area (Å²) >= 11 is 1.94. The van der Waals surface area contributed by atoms with Crippen molar-refractivity contribution in [2.45, 2.75) is 69.4 Å². The molecule has 17 heavy (non-hydrogen) atoms. The van der Waals surface area contributed by atoms with E-state index in [1.54, 1.807) is 0 Å². The Morgan fingerprint density at radius 2 is 2.06 bits per heavy atom. The Morgan fingerprint density at radius 3 is 2.59 bits per heavy atom. The lowest BCUT2D eigenvalue weighted by Gasteiger charge is -2.31. The molecular formula is C14H29NOS. The van der Waals surface area contributed by atoms with E-state index in [2.05, 4.69) is 20.8 Å². The lowest BCUT2D eigenvalue weighted by Crippen LogP contribution is -2.38. The number of nitrogens with two attached hydrogens (primary N) is 1. The number of hydrogen-bond donors (Lipinski definition) is 2. The van der Waals surface area contributed by atoms with Gasteiger partial charge < -0.3 is 10.8 Å². The molecule has 3 N–H and O–H groups in total. The first-order chi connectivity index (χ1) is 8.02. The lowest BCUT2D eigenvalue weighted by molar-refractivity contribution is 0.273. The number of rotatable bonds is 6. The molecular weight excluding hydrogens is 230 g/mol. The van der Waals surface area contributed by atoms with E-state index in [4.69, 9.17) is 5.73 Å². The highest BCUT2D eigenvalue weighted by molar-refractivity contribution is 8.00. The summed E-state index contributed by atoms with van der Waals surface area (Å²) in [7, 11) is 0. The van der Waals surface area contributed by atoms with Gasteiger partial charge >= 0.3 is 0 Å². The first-order valence-electron chi connectivity index (χ1n) is 7.04. The monoisotopic (exact) mass is 259 g/mol. The molecule has 4 atom stereocenters. The molecule has 2 nitrogen and oxygen atoms in total. The number of aliphatic hydroxyl groups excluding tert-OH is 1. The maximum atomic E-state index is 9.51. The molecule has 0 aromatic heterocycles. The SMILES string of the molecule is CC(C)CC(N)C(CO)SC1CCCC(C)C1. The molecule has 102 valence electrons. The van der Waals surface area contributed by atoms with E-state index in [0.717, 1.165) is 12.3 Å². The molecule has 0 amide bonds. The normalized spacial score (nSPS) is 29.3. The molecule has 0 radical (unpaired) electrons. The number of hydrogen-bond acceptors (Lipinski definition) is 3. The van der Waals surface area contributed by atoms with E-state index in [1.165, 1.54) is 25.7 Å². The summed E-state index contributed by atoms with van der Waals surface area (Å²) < 4.78 is 0. The summed E-state index contributed by atoms with van der Waals surface area (Å²) in [5.41, 5.74) is 6.20. The Balaban J connectivity index is 2.39. The minimum Gasteiger partial charge on any atom is -0.395 e. The molecule has 3 heteroatoms. The smallest absolute Gasteiger partial charge is 0.0565 e. The summed E-state index contributed by atoms with van der Waals surface area (Å²) in [6.07, 6.45) is 6.34. The van der Waals surface area contributed by atoms with E-state index in [0.29, 0.717) is 11.2 Å². The topological polar surface area (TPSA) is 46.2 Å². The van der Waals surface area contributed by atoms with Crippen LogP contribution in [0.5, 0.6) is 0 Å². The maximum Gasteiger partial charge on any atom is 0.0565 e. The van der Waals surface area contributed by atoms with Crippen molar-refractivity contribution < 1.29 is 5.11 Å². The second kappa shape index (κ2) is 7.65. The highest BCUT2D eigenvalue weighted by atomic mass is 32.2. The highest BCUT2D eigenvalue weighted by Crippen LogP contribution is 2.35. The molecule has 1 saturated carbocycles. The molecule has 0 aromatic carbocycles. The summed E-state index contributed by atoms with van der Waals surface area (Å²) in [5, 5.41) is 10.5. The van der Waals surface area contributed by atoms with Crippen LogP contribution in [0.15, 0.2) is 0 Å². The summed E-state index contributed by atoms with van der Waals surface area (Å²) in [5.74, 6) is 1.46. The van der Waals surface area contributed by atoms with Gasteiger partial charge in [-0.2, -0.15) is 11.8 Å². The quantitative estimate of drug-likeness (QED) is 0.771. The molecule has 0 bridgehead atoms. The van der Waals surface area contributed by atoms with Crippen LogP contribution in [0.25, 0.3) is 0 Å². The second-order valence-electron chi connectivity index (χ2n) is 6.04. The lowest BCUT2D eigenvalue weighted by atomic mass is 9.90. The Bertz CT molecular complexity index is 210. The van der Waals surface area contributed by atoms with Crippen LogP contribution in [-0.2, 0) is 0 Å². The summed E-state index contributed by atoms with van der Waals surface area (Å²) in [6, 6.07) is 0.141. The van der Waals surface area contributed by atoms with E-state index >= 15 is 0 Å². The van der Waals surface area contributed by atoms with Crippen molar-refractivity contribution in [1.82, 2.24) is 0 Å². The first kappa shape index (κ1) is 15.3. The molecule has 1 rings (SSSR count). The van der Waals surface area contributed by atoms with Crippen molar-refractivity contribution >= 4 is 11.8 Å². The van der Waals surface area contributed by atoms with Crippen LogP contribution in [0.3, 0.4) is 0 Å². The van der Waals surface area contributed by atoms with Gasteiger partial charge in [-0.15, -0.1) is 0 Å². The van der Waals surface area contributed by atoms with Gasteiger partial charge in [-0.05, 0) is 31.1 Å². The summed E-state index contributed by atoms with van der Waals surface area (Å²) in [6.45, 7) is 6.96. The van der Waals surface area contributed by atoms with E-state index in [1.807, 2.05) is 11.8 Å². The fourth-order valence-corrected chi connectivity index (χ4v) is 4.36. The Kier molecular flexibility index (Phi) is 6.90. The molecule has 0 aromatic rings. The number of aliphatic hydroxyl groups is 1. The molecule has 1 aliphatic rings. The van der Waals surface area contributed by atoms with Gasteiger partial charge in [0.25, 0.3) is 0 Å². The van der Waals surface area contributed by atoms with Gasteiger partial charge in [0, 0.05) is 16.5 Å². The number of thioether (sulfide) groups is 1. The molecule has 0 saturated heterocycles. The Hall–Kier alpha value is 0.270. The molecule has 1 aliphatic carbocycles. The van der Waals surface area contributed by atoms with E-state index in [-0.39, 0.29) is 17.9 Å². The fraction of sp³-hybridized carbons (Fsp3) is 1.00. The van der Waals surface area contributed by atoms with E-state index in [9.17, 15) is 5.11 Å². The van der Waals surface area contributed by atoms with Crippen LogP contribution in [0.1, 0.15) is 52.9 Å².